The van der Waals surface area contributed by atoms with E-state index in [4.69, 9.17) is 0 Å². The summed E-state index contributed by atoms with van der Waals surface area (Å²) in [7, 11) is 0. The highest BCUT2D eigenvalue weighted by atomic mass is 19.4. The summed E-state index contributed by atoms with van der Waals surface area (Å²) < 4.78 is 38.9. The maximum atomic E-state index is 13.0. The summed E-state index contributed by atoms with van der Waals surface area (Å²) in [6, 6.07) is 4.69. The van der Waals surface area contributed by atoms with Crippen LogP contribution >= 0.6 is 0 Å². The highest BCUT2D eigenvalue weighted by Gasteiger charge is 2.35. The lowest BCUT2D eigenvalue weighted by atomic mass is 10.1. The SMILES string of the molecule is CCCNC(=O)CN(C(C)=O)c1ccccc1C(F)(F)F. The molecule has 0 radical (unpaired) electrons. The largest absolute Gasteiger partial charge is 0.418 e. The molecule has 0 aliphatic heterocycles. The van der Waals surface area contributed by atoms with Crippen molar-refractivity contribution in [3.05, 3.63) is 29.8 Å². The van der Waals surface area contributed by atoms with Gasteiger partial charge in [0, 0.05) is 13.5 Å². The van der Waals surface area contributed by atoms with Gasteiger partial charge in [0.05, 0.1) is 11.3 Å². The Morgan fingerprint density at radius 3 is 2.38 bits per heavy atom. The zero-order valence-electron chi connectivity index (χ0n) is 11.8. The molecule has 0 unspecified atom stereocenters. The van der Waals surface area contributed by atoms with Crippen molar-refractivity contribution >= 4 is 17.5 Å². The molecule has 0 saturated carbocycles. The second kappa shape index (κ2) is 7.10. The fraction of sp³-hybridized carbons (Fsp3) is 0.429. The number of carbonyl (C=O) groups excluding carboxylic acids is 2. The standard InChI is InChI=1S/C14H17F3N2O2/c1-3-8-18-13(21)9-19(10(2)20)12-7-5-4-6-11(12)14(15,16)17/h4-7H,3,8-9H2,1-2H3,(H,18,21). The van der Waals surface area contributed by atoms with Gasteiger partial charge in [-0.1, -0.05) is 19.1 Å². The molecule has 0 heterocycles. The number of hydrogen-bond acceptors (Lipinski definition) is 2. The van der Waals surface area contributed by atoms with Gasteiger partial charge in [0.15, 0.2) is 0 Å². The van der Waals surface area contributed by atoms with Gasteiger partial charge in [-0.2, -0.15) is 13.2 Å². The van der Waals surface area contributed by atoms with Crippen molar-refractivity contribution in [2.75, 3.05) is 18.0 Å². The molecular formula is C14H17F3N2O2. The quantitative estimate of drug-likeness (QED) is 0.909. The molecule has 0 atom stereocenters. The minimum atomic E-state index is -4.59. The first-order chi connectivity index (χ1) is 9.77. The van der Waals surface area contributed by atoms with E-state index in [0.29, 0.717) is 13.0 Å². The number of benzene rings is 1. The Balaban J connectivity index is 3.07. The molecule has 1 rings (SSSR count). The summed E-state index contributed by atoms with van der Waals surface area (Å²) in [4.78, 5) is 24.1. The third-order valence-corrected chi connectivity index (χ3v) is 2.75. The van der Waals surface area contributed by atoms with Gasteiger partial charge in [-0.25, -0.2) is 0 Å². The van der Waals surface area contributed by atoms with Crippen LogP contribution in [0.15, 0.2) is 24.3 Å². The monoisotopic (exact) mass is 302 g/mol. The van der Waals surface area contributed by atoms with E-state index >= 15 is 0 Å². The van der Waals surface area contributed by atoms with Crippen LogP contribution in [0.3, 0.4) is 0 Å². The van der Waals surface area contributed by atoms with Crippen LogP contribution < -0.4 is 10.2 Å². The summed E-state index contributed by atoms with van der Waals surface area (Å²) in [5, 5.41) is 2.53. The highest BCUT2D eigenvalue weighted by molar-refractivity contribution is 5.98. The molecule has 4 nitrogen and oxygen atoms in total. The molecule has 1 N–H and O–H groups in total. The van der Waals surface area contributed by atoms with Gasteiger partial charge < -0.3 is 10.2 Å². The molecule has 116 valence electrons. The van der Waals surface area contributed by atoms with E-state index in [2.05, 4.69) is 5.32 Å². The van der Waals surface area contributed by atoms with Crippen LogP contribution in [-0.4, -0.2) is 24.9 Å². The highest BCUT2D eigenvalue weighted by Crippen LogP contribution is 2.36. The zero-order chi connectivity index (χ0) is 16.0. The van der Waals surface area contributed by atoms with Gasteiger partial charge in [-0.3, -0.25) is 9.59 Å². The minimum absolute atomic E-state index is 0.316. The number of hydrogen-bond donors (Lipinski definition) is 1. The van der Waals surface area contributed by atoms with Crippen molar-refractivity contribution in [1.82, 2.24) is 5.32 Å². The number of para-hydroxylation sites is 1. The van der Waals surface area contributed by atoms with Crippen molar-refractivity contribution in [2.24, 2.45) is 0 Å². The Kier molecular flexibility index (Phi) is 5.75. The average molecular weight is 302 g/mol. The van der Waals surface area contributed by atoms with E-state index < -0.39 is 30.1 Å². The first-order valence-electron chi connectivity index (χ1n) is 6.48. The smallest absolute Gasteiger partial charge is 0.355 e. The van der Waals surface area contributed by atoms with Crippen LogP contribution in [0.1, 0.15) is 25.8 Å². The number of alkyl halides is 3. The number of carbonyl (C=O) groups is 2. The third-order valence-electron chi connectivity index (χ3n) is 2.75. The van der Waals surface area contributed by atoms with Crippen LogP contribution in [0, 0.1) is 0 Å². The van der Waals surface area contributed by atoms with Gasteiger partial charge in [0.25, 0.3) is 0 Å². The lowest BCUT2D eigenvalue weighted by molar-refractivity contribution is -0.137. The normalized spacial score (nSPS) is 11.1. The van der Waals surface area contributed by atoms with E-state index in [-0.39, 0.29) is 5.69 Å². The maximum absolute atomic E-state index is 13.0. The number of nitrogens with zero attached hydrogens (tertiary/aromatic N) is 1. The summed E-state index contributed by atoms with van der Waals surface area (Å²) in [6.07, 6.45) is -3.89. The lowest BCUT2D eigenvalue weighted by Gasteiger charge is -2.24. The molecule has 0 aromatic heterocycles. The molecule has 0 saturated heterocycles. The summed E-state index contributed by atoms with van der Waals surface area (Å²) >= 11 is 0. The molecule has 0 aliphatic carbocycles. The van der Waals surface area contributed by atoms with E-state index in [0.717, 1.165) is 17.9 Å². The Morgan fingerprint density at radius 2 is 1.86 bits per heavy atom. The lowest BCUT2D eigenvalue weighted by Crippen LogP contribution is -2.40. The van der Waals surface area contributed by atoms with Gasteiger partial charge in [-0.05, 0) is 18.6 Å². The third kappa shape index (κ3) is 4.77. The molecular weight excluding hydrogens is 285 g/mol. The van der Waals surface area contributed by atoms with E-state index in [9.17, 15) is 22.8 Å². The fourth-order valence-electron chi connectivity index (χ4n) is 1.78. The van der Waals surface area contributed by atoms with E-state index in [1.807, 2.05) is 6.92 Å². The van der Waals surface area contributed by atoms with Gasteiger partial charge in [0.1, 0.15) is 6.54 Å². The van der Waals surface area contributed by atoms with Crippen molar-refractivity contribution < 1.29 is 22.8 Å². The molecule has 1 aromatic carbocycles. The maximum Gasteiger partial charge on any atom is 0.418 e. The average Bonchev–Trinajstić information content (AvgIpc) is 2.41. The number of amides is 2. The summed E-state index contributed by atoms with van der Waals surface area (Å²) in [5.41, 5.74) is -1.26. The van der Waals surface area contributed by atoms with Crippen LogP contribution in [-0.2, 0) is 15.8 Å². The molecule has 0 aliphatic rings. The molecule has 0 spiro atoms. The first-order valence-corrected chi connectivity index (χ1v) is 6.48. The number of rotatable bonds is 5. The molecule has 0 fully saturated rings. The first kappa shape index (κ1) is 17.0. The van der Waals surface area contributed by atoms with Gasteiger partial charge in [0.2, 0.25) is 11.8 Å². The van der Waals surface area contributed by atoms with Gasteiger partial charge >= 0.3 is 6.18 Å². The van der Waals surface area contributed by atoms with Crippen molar-refractivity contribution in [3.63, 3.8) is 0 Å². The van der Waals surface area contributed by atoms with Crippen LogP contribution in [0.2, 0.25) is 0 Å². The molecule has 2 amide bonds. The minimum Gasteiger partial charge on any atom is -0.355 e. The van der Waals surface area contributed by atoms with Crippen molar-refractivity contribution in [3.8, 4) is 0 Å². The van der Waals surface area contributed by atoms with Crippen LogP contribution in [0.4, 0.5) is 18.9 Å². The predicted octanol–water partition coefficient (Wildman–Crippen LogP) is 2.58. The Labute approximate surface area is 120 Å². The Morgan fingerprint density at radius 1 is 1.24 bits per heavy atom. The topological polar surface area (TPSA) is 49.4 Å². The number of halogens is 3. The molecule has 1 aromatic rings. The molecule has 0 bridgehead atoms. The fourth-order valence-corrected chi connectivity index (χ4v) is 1.78. The Bertz CT molecular complexity index is 515. The summed E-state index contributed by atoms with van der Waals surface area (Å²) in [5.74, 6) is -1.12. The predicted molar refractivity (Wildman–Crippen MR) is 72.8 cm³/mol. The second-order valence-electron chi connectivity index (χ2n) is 4.47. The number of nitrogens with one attached hydrogen (secondary N) is 1. The van der Waals surface area contributed by atoms with Crippen molar-refractivity contribution in [1.29, 1.82) is 0 Å². The summed E-state index contributed by atoms with van der Waals surface area (Å²) in [6.45, 7) is 2.94. The second-order valence-corrected chi connectivity index (χ2v) is 4.47. The molecule has 21 heavy (non-hydrogen) atoms. The van der Waals surface area contributed by atoms with E-state index in [1.54, 1.807) is 0 Å². The van der Waals surface area contributed by atoms with Crippen LogP contribution in [0.25, 0.3) is 0 Å². The van der Waals surface area contributed by atoms with E-state index in [1.165, 1.54) is 18.2 Å². The van der Waals surface area contributed by atoms with Crippen LogP contribution in [0.5, 0.6) is 0 Å². The van der Waals surface area contributed by atoms with Crippen molar-refractivity contribution in [2.45, 2.75) is 26.4 Å². The number of anilines is 1. The zero-order valence-corrected chi connectivity index (χ0v) is 11.8. The Hall–Kier alpha value is -2.05. The molecule has 7 heteroatoms. The van der Waals surface area contributed by atoms with Gasteiger partial charge in [-0.15, -0.1) is 0 Å².